The van der Waals surface area contributed by atoms with E-state index >= 15 is 0 Å². The fraction of sp³-hybridized carbons (Fsp3) is 0.0952. The Morgan fingerprint density at radius 1 is 1.00 bits per heavy atom. The molecule has 0 aliphatic rings. The van der Waals surface area contributed by atoms with Crippen LogP contribution < -0.4 is 10.5 Å². The quantitative estimate of drug-likeness (QED) is 0.499. The standard InChI is InChI=1S/C21H14Cl2F3NO3/c22-15-7-12(30-9-20(27)29)8-16(23)14(15)4-10-1-2-19(28)13(3-10)11-5-17(24)21(26)18(25)6-11/h1-3,5-8,28H,4,9H2,(H2,27,29). The molecule has 156 valence electrons. The minimum atomic E-state index is -1.59. The molecule has 0 spiro atoms. The summed E-state index contributed by atoms with van der Waals surface area (Å²) in [5.41, 5.74) is 6.25. The van der Waals surface area contributed by atoms with Crippen molar-refractivity contribution in [1.29, 1.82) is 0 Å². The highest BCUT2D eigenvalue weighted by molar-refractivity contribution is 6.36. The Labute approximate surface area is 179 Å². The molecule has 0 aliphatic carbocycles. The number of hydrogen-bond donors (Lipinski definition) is 2. The third-order valence-electron chi connectivity index (χ3n) is 4.23. The fourth-order valence-electron chi connectivity index (χ4n) is 2.83. The van der Waals surface area contributed by atoms with E-state index in [0.29, 0.717) is 11.1 Å². The molecule has 0 atom stereocenters. The lowest BCUT2D eigenvalue weighted by Gasteiger charge is -2.13. The molecule has 3 aromatic carbocycles. The molecule has 3 aromatic rings. The Morgan fingerprint density at radius 2 is 1.60 bits per heavy atom. The molecule has 4 nitrogen and oxygen atoms in total. The van der Waals surface area contributed by atoms with Gasteiger partial charge in [0.1, 0.15) is 11.5 Å². The maximum atomic E-state index is 13.6. The number of carbonyl (C=O) groups excluding carboxylic acids is 1. The van der Waals surface area contributed by atoms with Crippen LogP contribution in [0.2, 0.25) is 10.0 Å². The first kappa shape index (κ1) is 21.8. The Balaban J connectivity index is 1.93. The van der Waals surface area contributed by atoms with Crippen molar-refractivity contribution in [2.75, 3.05) is 6.61 Å². The number of carbonyl (C=O) groups is 1. The van der Waals surface area contributed by atoms with Crippen LogP contribution in [0, 0.1) is 17.5 Å². The summed E-state index contributed by atoms with van der Waals surface area (Å²) < 4.78 is 45.6. The molecule has 1 amide bonds. The number of rotatable bonds is 6. The van der Waals surface area contributed by atoms with Crippen molar-refractivity contribution in [3.63, 3.8) is 0 Å². The number of phenols is 1. The third-order valence-corrected chi connectivity index (χ3v) is 4.91. The highest BCUT2D eigenvalue weighted by atomic mass is 35.5. The van der Waals surface area contributed by atoms with E-state index in [9.17, 15) is 23.1 Å². The van der Waals surface area contributed by atoms with E-state index in [0.717, 1.165) is 12.1 Å². The summed E-state index contributed by atoms with van der Waals surface area (Å²) in [5.74, 6) is -4.96. The molecule has 9 heteroatoms. The number of primary amides is 1. The molecule has 0 radical (unpaired) electrons. The number of phenolic OH excluding ortho intramolecular Hbond substituents is 1. The molecule has 0 fully saturated rings. The van der Waals surface area contributed by atoms with Crippen LogP contribution in [0.5, 0.6) is 11.5 Å². The minimum Gasteiger partial charge on any atom is -0.507 e. The van der Waals surface area contributed by atoms with Crippen LogP contribution in [0.25, 0.3) is 11.1 Å². The number of ether oxygens (including phenoxy) is 1. The van der Waals surface area contributed by atoms with Crippen molar-refractivity contribution >= 4 is 29.1 Å². The van der Waals surface area contributed by atoms with Gasteiger partial charge in [0.05, 0.1) is 0 Å². The Morgan fingerprint density at radius 3 is 2.17 bits per heavy atom. The number of nitrogens with two attached hydrogens (primary N) is 1. The van der Waals surface area contributed by atoms with Gasteiger partial charge < -0.3 is 15.6 Å². The first-order chi connectivity index (χ1) is 14.2. The number of benzene rings is 3. The van der Waals surface area contributed by atoms with Crippen molar-refractivity contribution in [3.05, 3.63) is 81.1 Å². The van der Waals surface area contributed by atoms with E-state index in [4.69, 9.17) is 33.7 Å². The lowest BCUT2D eigenvalue weighted by atomic mass is 9.98. The van der Waals surface area contributed by atoms with E-state index in [1.807, 2.05) is 0 Å². The molecule has 0 aliphatic heterocycles. The SMILES string of the molecule is NC(=O)COc1cc(Cl)c(Cc2ccc(O)c(-c3cc(F)c(F)c(F)c3)c2)c(Cl)c1. The van der Waals surface area contributed by atoms with Crippen molar-refractivity contribution in [3.8, 4) is 22.6 Å². The lowest BCUT2D eigenvalue weighted by Crippen LogP contribution is -2.20. The number of aromatic hydroxyl groups is 1. The molecule has 0 heterocycles. The van der Waals surface area contributed by atoms with Crippen LogP contribution in [0.1, 0.15) is 11.1 Å². The Bertz CT molecular complexity index is 1090. The van der Waals surface area contributed by atoms with Gasteiger partial charge in [-0.25, -0.2) is 13.2 Å². The highest BCUT2D eigenvalue weighted by Gasteiger charge is 2.16. The zero-order chi connectivity index (χ0) is 22.0. The van der Waals surface area contributed by atoms with Crippen LogP contribution >= 0.6 is 23.2 Å². The summed E-state index contributed by atoms with van der Waals surface area (Å²) in [5, 5.41) is 10.6. The van der Waals surface area contributed by atoms with E-state index in [2.05, 4.69) is 0 Å². The molecule has 0 saturated heterocycles. The van der Waals surface area contributed by atoms with Gasteiger partial charge in [0.15, 0.2) is 24.1 Å². The average Bonchev–Trinajstić information content (AvgIpc) is 2.68. The maximum Gasteiger partial charge on any atom is 0.255 e. The Kier molecular flexibility index (Phi) is 6.43. The molecule has 3 rings (SSSR count). The smallest absolute Gasteiger partial charge is 0.255 e. The maximum absolute atomic E-state index is 13.6. The normalized spacial score (nSPS) is 10.8. The van der Waals surface area contributed by atoms with Crippen LogP contribution in [0.4, 0.5) is 13.2 Å². The second kappa shape index (κ2) is 8.85. The van der Waals surface area contributed by atoms with Gasteiger partial charge >= 0.3 is 0 Å². The second-order valence-corrected chi connectivity index (χ2v) is 7.22. The van der Waals surface area contributed by atoms with Crippen LogP contribution in [-0.4, -0.2) is 17.6 Å². The molecule has 3 N–H and O–H groups in total. The predicted octanol–water partition coefficient (Wildman–Crippen LogP) is 5.24. The lowest BCUT2D eigenvalue weighted by molar-refractivity contribution is -0.119. The van der Waals surface area contributed by atoms with E-state index in [1.165, 1.54) is 24.3 Å². The molecular weight excluding hydrogens is 442 g/mol. The van der Waals surface area contributed by atoms with Crippen molar-refractivity contribution in [2.24, 2.45) is 5.73 Å². The van der Waals surface area contributed by atoms with Crippen LogP contribution in [0.3, 0.4) is 0 Å². The van der Waals surface area contributed by atoms with Gasteiger partial charge in [-0.15, -0.1) is 0 Å². The van der Waals surface area contributed by atoms with Gasteiger partial charge in [0.25, 0.3) is 5.91 Å². The van der Waals surface area contributed by atoms with Gasteiger partial charge in [0.2, 0.25) is 0 Å². The number of amides is 1. The largest absolute Gasteiger partial charge is 0.507 e. The van der Waals surface area contributed by atoms with E-state index in [1.54, 1.807) is 6.07 Å². The monoisotopic (exact) mass is 455 g/mol. The molecule has 30 heavy (non-hydrogen) atoms. The van der Waals surface area contributed by atoms with E-state index < -0.39 is 23.4 Å². The van der Waals surface area contributed by atoms with E-state index in [-0.39, 0.29) is 45.7 Å². The summed E-state index contributed by atoms with van der Waals surface area (Å²) in [6.07, 6.45) is 0.215. The van der Waals surface area contributed by atoms with Gasteiger partial charge in [0, 0.05) is 22.0 Å². The average molecular weight is 456 g/mol. The fourth-order valence-corrected chi connectivity index (χ4v) is 3.43. The van der Waals surface area contributed by atoms with Crippen molar-refractivity contribution in [2.45, 2.75) is 6.42 Å². The zero-order valence-electron chi connectivity index (χ0n) is 15.2. The van der Waals surface area contributed by atoms with Gasteiger partial charge in [-0.3, -0.25) is 4.79 Å². The highest BCUT2D eigenvalue weighted by Crippen LogP contribution is 2.35. The summed E-state index contributed by atoms with van der Waals surface area (Å²) in [6, 6.07) is 8.94. The predicted molar refractivity (Wildman–Crippen MR) is 107 cm³/mol. The third kappa shape index (κ3) is 4.80. The number of halogens is 5. The molecule has 0 aromatic heterocycles. The zero-order valence-corrected chi connectivity index (χ0v) is 16.7. The number of hydrogen-bond acceptors (Lipinski definition) is 3. The van der Waals surface area contributed by atoms with Crippen LogP contribution in [-0.2, 0) is 11.2 Å². The van der Waals surface area contributed by atoms with Crippen molar-refractivity contribution < 1.29 is 27.8 Å². The van der Waals surface area contributed by atoms with Crippen LogP contribution in [0.15, 0.2) is 42.5 Å². The molecule has 0 unspecified atom stereocenters. The topological polar surface area (TPSA) is 72.6 Å². The van der Waals surface area contributed by atoms with Gasteiger partial charge in [-0.1, -0.05) is 29.3 Å². The summed E-state index contributed by atoms with van der Waals surface area (Å²) in [7, 11) is 0. The van der Waals surface area contributed by atoms with Crippen molar-refractivity contribution in [1.82, 2.24) is 0 Å². The molecule has 0 saturated carbocycles. The Hall–Kier alpha value is -2.90. The summed E-state index contributed by atoms with van der Waals surface area (Å²) in [6.45, 7) is -0.335. The van der Waals surface area contributed by atoms with Gasteiger partial charge in [-0.05, 0) is 53.1 Å². The summed E-state index contributed by atoms with van der Waals surface area (Å²) >= 11 is 12.6. The summed E-state index contributed by atoms with van der Waals surface area (Å²) in [4.78, 5) is 10.8. The molecule has 0 bridgehead atoms. The first-order valence-corrected chi connectivity index (χ1v) is 9.27. The first-order valence-electron chi connectivity index (χ1n) is 8.51. The minimum absolute atomic E-state index is 0.0295. The molecular formula is C21H14Cl2F3NO3. The van der Waals surface area contributed by atoms with Gasteiger partial charge in [-0.2, -0.15) is 0 Å². The second-order valence-electron chi connectivity index (χ2n) is 6.40.